The Morgan fingerprint density at radius 3 is 2.50 bits per heavy atom. The first-order valence-electron chi connectivity index (χ1n) is 5.15. The number of alkyl halides is 3. The third kappa shape index (κ3) is 3.03. The number of hydrogen-bond donors (Lipinski definition) is 0. The molecule has 0 aromatic heterocycles. The lowest BCUT2D eigenvalue weighted by atomic mass is 9.99. The Kier molecular flexibility index (Phi) is 4.00. The zero-order chi connectivity index (χ0) is 12.2. The van der Waals surface area contributed by atoms with Gasteiger partial charge in [-0.2, -0.15) is 13.2 Å². The summed E-state index contributed by atoms with van der Waals surface area (Å²) in [5.74, 6) is 2.22. The van der Waals surface area contributed by atoms with Gasteiger partial charge < -0.3 is 0 Å². The summed E-state index contributed by atoms with van der Waals surface area (Å²) >= 11 is 0. The standard InChI is InChI=1S/C13H13F3/c1-3-5-6-11-8-7-10(4-2)9-12(11)13(14,15)16/h2,7-9H,3,5-6H2,1H3. The predicted octanol–water partition coefficient (Wildman–Crippen LogP) is 4.03. The highest BCUT2D eigenvalue weighted by atomic mass is 19.4. The molecule has 0 saturated carbocycles. The van der Waals surface area contributed by atoms with E-state index in [2.05, 4.69) is 5.92 Å². The molecule has 0 bridgehead atoms. The van der Waals surface area contributed by atoms with Crippen molar-refractivity contribution >= 4 is 0 Å². The Morgan fingerprint density at radius 2 is 2.00 bits per heavy atom. The summed E-state index contributed by atoms with van der Waals surface area (Å²) in [6.45, 7) is 1.95. The third-order valence-corrected chi connectivity index (χ3v) is 2.38. The van der Waals surface area contributed by atoms with Crippen molar-refractivity contribution in [2.75, 3.05) is 0 Å². The van der Waals surface area contributed by atoms with Gasteiger partial charge in [0.15, 0.2) is 0 Å². The number of hydrogen-bond acceptors (Lipinski definition) is 0. The molecule has 0 atom stereocenters. The molecule has 0 saturated heterocycles. The maximum Gasteiger partial charge on any atom is 0.416 e. The van der Waals surface area contributed by atoms with E-state index in [1.165, 1.54) is 6.07 Å². The summed E-state index contributed by atoms with van der Waals surface area (Å²) in [6, 6.07) is 4.08. The number of benzene rings is 1. The molecule has 3 heteroatoms. The fraction of sp³-hybridized carbons (Fsp3) is 0.385. The number of aryl methyl sites for hydroxylation is 1. The molecule has 16 heavy (non-hydrogen) atoms. The SMILES string of the molecule is C#Cc1ccc(CCCC)c(C(F)(F)F)c1. The lowest BCUT2D eigenvalue weighted by Gasteiger charge is -2.13. The van der Waals surface area contributed by atoms with Gasteiger partial charge in [-0.05, 0) is 30.5 Å². The molecular formula is C13H13F3. The van der Waals surface area contributed by atoms with E-state index in [0.29, 0.717) is 12.0 Å². The van der Waals surface area contributed by atoms with Gasteiger partial charge in [-0.15, -0.1) is 6.42 Å². The van der Waals surface area contributed by atoms with Crippen molar-refractivity contribution in [1.82, 2.24) is 0 Å². The molecule has 1 aromatic carbocycles. The van der Waals surface area contributed by atoms with Gasteiger partial charge in [0.2, 0.25) is 0 Å². The van der Waals surface area contributed by atoms with Gasteiger partial charge in [0, 0.05) is 5.56 Å². The van der Waals surface area contributed by atoms with Crippen molar-refractivity contribution in [1.29, 1.82) is 0 Å². The van der Waals surface area contributed by atoms with Crippen LogP contribution >= 0.6 is 0 Å². The molecule has 0 N–H and O–H groups in total. The molecule has 0 aliphatic heterocycles. The normalized spacial score (nSPS) is 11.2. The first kappa shape index (κ1) is 12.6. The summed E-state index contributed by atoms with van der Waals surface area (Å²) in [7, 11) is 0. The molecule has 0 fully saturated rings. The van der Waals surface area contributed by atoms with E-state index in [0.717, 1.165) is 18.9 Å². The first-order valence-corrected chi connectivity index (χ1v) is 5.15. The minimum atomic E-state index is -4.32. The lowest BCUT2D eigenvalue weighted by Crippen LogP contribution is -2.09. The van der Waals surface area contributed by atoms with Gasteiger partial charge in [0.05, 0.1) is 5.56 Å². The predicted molar refractivity (Wildman–Crippen MR) is 58.0 cm³/mol. The second-order valence-electron chi connectivity index (χ2n) is 3.62. The first-order chi connectivity index (χ1) is 7.49. The van der Waals surface area contributed by atoms with E-state index in [-0.39, 0.29) is 5.56 Å². The number of terminal acetylenes is 1. The molecule has 0 heterocycles. The summed E-state index contributed by atoms with van der Waals surface area (Å²) in [5.41, 5.74) is -0.00248. The van der Waals surface area contributed by atoms with E-state index in [1.54, 1.807) is 6.07 Å². The van der Waals surface area contributed by atoms with Crippen LogP contribution in [0.15, 0.2) is 18.2 Å². The van der Waals surface area contributed by atoms with Gasteiger partial charge in [0.25, 0.3) is 0 Å². The van der Waals surface area contributed by atoms with Crippen LogP contribution in [-0.4, -0.2) is 0 Å². The van der Waals surface area contributed by atoms with Gasteiger partial charge in [-0.3, -0.25) is 0 Å². The van der Waals surface area contributed by atoms with Crippen LogP contribution in [0, 0.1) is 12.3 Å². The van der Waals surface area contributed by atoms with Gasteiger partial charge >= 0.3 is 6.18 Å². The van der Waals surface area contributed by atoms with Gasteiger partial charge in [-0.25, -0.2) is 0 Å². The van der Waals surface area contributed by atoms with E-state index < -0.39 is 11.7 Å². The second kappa shape index (κ2) is 5.07. The Labute approximate surface area is 93.5 Å². The maximum atomic E-state index is 12.7. The molecule has 0 aliphatic carbocycles. The monoisotopic (exact) mass is 226 g/mol. The van der Waals surface area contributed by atoms with Crippen molar-refractivity contribution < 1.29 is 13.2 Å². The van der Waals surface area contributed by atoms with Crippen molar-refractivity contribution in [2.24, 2.45) is 0 Å². The van der Waals surface area contributed by atoms with E-state index >= 15 is 0 Å². The molecule has 1 aromatic rings. The van der Waals surface area contributed by atoms with Crippen molar-refractivity contribution in [2.45, 2.75) is 32.4 Å². The highest BCUT2D eigenvalue weighted by molar-refractivity contribution is 5.41. The highest BCUT2D eigenvalue weighted by Gasteiger charge is 2.33. The van der Waals surface area contributed by atoms with Crippen molar-refractivity contribution in [3.8, 4) is 12.3 Å². The largest absolute Gasteiger partial charge is 0.416 e. The molecule has 0 spiro atoms. The molecule has 0 aliphatic rings. The second-order valence-corrected chi connectivity index (χ2v) is 3.62. The molecular weight excluding hydrogens is 213 g/mol. The Morgan fingerprint density at radius 1 is 1.31 bits per heavy atom. The topological polar surface area (TPSA) is 0 Å². The van der Waals surface area contributed by atoms with Gasteiger partial charge in [0.1, 0.15) is 0 Å². The minimum absolute atomic E-state index is 0.271. The fourth-order valence-corrected chi connectivity index (χ4v) is 1.52. The lowest BCUT2D eigenvalue weighted by molar-refractivity contribution is -0.138. The van der Waals surface area contributed by atoms with E-state index in [4.69, 9.17) is 6.42 Å². The number of rotatable bonds is 3. The smallest absolute Gasteiger partial charge is 0.166 e. The van der Waals surface area contributed by atoms with Crippen molar-refractivity contribution in [3.63, 3.8) is 0 Å². The molecule has 0 amide bonds. The Balaban J connectivity index is 3.13. The summed E-state index contributed by atoms with van der Waals surface area (Å²) < 4.78 is 38.2. The van der Waals surface area contributed by atoms with E-state index in [9.17, 15) is 13.2 Å². The average Bonchev–Trinajstić information content (AvgIpc) is 2.25. The number of unbranched alkanes of at least 4 members (excludes halogenated alkanes) is 1. The molecule has 0 nitrogen and oxygen atoms in total. The van der Waals surface area contributed by atoms with Crippen LogP contribution in [-0.2, 0) is 12.6 Å². The summed E-state index contributed by atoms with van der Waals surface area (Å²) in [5, 5.41) is 0. The quantitative estimate of drug-likeness (QED) is 0.682. The average molecular weight is 226 g/mol. The van der Waals surface area contributed by atoms with Crippen LogP contribution in [0.3, 0.4) is 0 Å². The van der Waals surface area contributed by atoms with E-state index in [1.807, 2.05) is 6.92 Å². The van der Waals surface area contributed by atoms with Gasteiger partial charge in [-0.1, -0.05) is 25.3 Å². The van der Waals surface area contributed by atoms with Crippen molar-refractivity contribution in [3.05, 3.63) is 34.9 Å². The maximum absolute atomic E-state index is 12.7. The Bertz CT molecular complexity index is 397. The van der Waals surface area contributed by atoms with Crippen LogP contribution in [0.1, 0.15) is 36.5 Å². The molecule has 86 valence electrons. The van der Waals surface area contributed by atoms with Crippen LogP contribution in [0.5, 0.6) is 0 Å². The minimum Gasteiger partial charge on any atom is -0.166 e. The molecule has 0 unspecified atom stereocenters. The third-order valence-electron chi connectivity index (χ3n) is 2.38. The van der Waals surface area contributed by atoms with Crippen LogP contribution in [0.4, 0.5) is 13.2 Å². The number of halogens is 3. The van der Waals surface area contributed by atoms with Crippen LogP contribution in [0.2, 0.25) is 0 Å². The van der Waals surface area contributed by atoms with Crippen LogP contribution in [0.25, 0.3) is 0 Å². The zero-order valence-corrected chi connectivity index (χ0v) is 9.06. The van der Waals surface area contributed by atoms with Crippen LogP contribution < -0.4 is 0 Å². The zero-order valence-electron chi connectivity index (χ0n) is 9.06. The molecule has 0 radical (unpaired) electrons. The fourth-order valence-electron chi connectivity index (χ4n) is 1.52. The summed E-state index contributed by atoms with van der Waals surface area (Å²) in [6.07, 6.45) is 2.83. The Hall–Kier alpha value is -1.43. The summed E-state index contributed by atoms with van der Waals surface area (Å²) in [4.78, 5) is 0. The molecule has 1 rings (SSSR count). The highest BCUT2D eigenvalue weighted by Crippen LogP contribution is 2.33.